The number of hydrogen-bond acceptors (Lipinski definition) is 2. The van der Waals surface area contributed by atoms with Gasteiger partial charge in [-0.25, -0.2) is 0 Å². The molecule has 1 aromatic carbocycles. The molecule has 1 fully saturated rings. The van der Waals surface area contributed by atoms with Gasteiger partial charge < -0.3 is 9.80 Å². The van der Waals surface area contributed by atoms with Gasteiger partial charge in [-0.1, -0.05) is 45.0 Å². The van der Waals surface area contributed by atoms with Crippen LogP contribution in [0.25, 0.3) is 0 Å². The van der Waals surface area contributed by atoms with E-state index in [0.29, 0.717) is 13.1 Å². The van der Waals surface area contributed by atoms with Crippen LogP contribution in [0.15, 0.2) is 24.3 Å². The quantitative estimate of drug-likeness (QED) is 0.826. The van der Waals surface area contributed by atoms with Crippen molar-refractivity contribution < 1.29 is 9.59 Å². The fraction of sp³-hybridized carbons (Fsp3) is 0.619. The molecule has 0 radical (unpaired) electrons. The van der Waals surface area contributed by atoms with E-state index in [-0.39, 0.29) is 29.2 Å². The zero-order valence-corrected chi connectivity index (χ0v) is 15.9. The number of carbonyl (C=O) groups is 2. The van der Waals surface area contributed by atoms with Crippen LogP contribution in [0.5, 0.6) is 0 Å². The number of amides is 2. The van der Waals surface area contributed by atoms with Crippen LogP contribution in [0.4, 0.5) is 0 Å². The molecule has 1 saturated heterocycles. The first-order chi connectivity index (χ1) is 11.8. The smallest absolute Gasteiger partial charge is 0.227 e. The molecule has 1 aliphatic heterocycles. The number of fused-ring (bicyclic) bond motifs is 1. The van der Waals surface area contributed by atoms with Crippen LogP contribution in [-0.4, -0.2) is 41.8 Å². The standard InChI is InChI=1S/C21H30N2O2/c1-21(2,3)20(25)23-13-11-16(12-14-23)19(24)22(4)18-10-9-15-7-5-6-8-17(15)18/h5-8,16,18H,9-14H2,1-4H3. The molecule has 0 saturated carbocycles. The van der Waals surface area contributed by atoms with E-state index in [1.807, 2.05) is 37.6 Å². The predicted molar refractivity (Wildman–Crippen MR) is 99.0 cm³/mol. The van der Waals surface area contributed by atoms with Crippen LogP contribution in [0.3, 0.4) is 0 Å². The lowest BCUT2D eigenvalue weighted by Crippen LogP contribution is -2.47. The van der Waals surface area contributed by atoms with Crippen LogP contribution >= 0.6 is 0 Å². The zero-order valence-electron chi connectivity index (χ0n) is 15.9. The molecule has 1 aromatic rings. The molecule has 1 aliphatic carbocycles. The van der Waals surface area contributed by atoms with Gasteiger partial charge in [-0.05, 0) is 36.8 Å². The molecule has 0 aromatic heterocycles. The minimum Gasteiger partial charge on any atom is -0.342 e. The second-order valence-electron chi connectivity index (χ2n) is 8.52. The molecule has 0 bridgehead atoms. The number of aryl methyl sites for hydroxylation is 1. The second-order valence-corrected chi connectivity index (χ2v) is 8.52. The molecule has 2 amide bonds. The van der Waals surface area contributed by atoms with Gasteiger partial charge in [0.05, 0.1) is 6.04 Å². The van der Waals surface area contributed by atoms with Crippen LogP contribution < -0.4 is 0 Å². The summed E-state index contributed by atoms with van der Waals surface area (Å²) in [6.07, 6.45) is 3.62. The summed E-state index contributed by atoms with van der Waals surface area (Å²) in [4.78, 5) is 29.3. The predicted octanol–water partition coefficient (Wildman–Crippen LogP) is 3.42. The molecule has 2 aliphatic rings. The Labute approximate surface area is 151 Å². The Morgan fingerprint density at radius 2 is 1.72 bits per heavy atom. The first-order valence-corrected chi connectivity index (χ1v) is 9.43. The summed E-state index contributed by atoms with van der Waals surface area (Å²) in [7, 11) is 1.95. The Kier molecular flexibility index (Phi) is 4.90. The SMILES string of the molecule is CN(C(=O)C1CCN(C(=O)C(C)(C)C)CC1)C1CCc2ccccc21. The topological polar surface area (TPSA) is 40.6 Å². The highest BCUT2D eigenvalue weighted by Crippen LogP contribution is 2.36. The summed E-state index contributed by atoms with van der Waals surface area (Å²) in [6, 6.07) is 8.67. The Hall–Kier alpha value is -1.84. The summed E-state index contributed by atoms with van der Waals surface area (Å²) < 4.78 is 0. The molecule has 136 valence electrons. The lowest BCUT2D eigenvalue weighted by molar-refractivity contribution is -0.145. The van der Waals surface area contributed by atoms with Gasteiger partial charge in [-0.15, -0.1) is 0 Å². The molecule has 4 heteroatoms. The molecule has 1 heterocycles. The van der Waals surface area contributed by atoms with Crippen molar-refractivity contribution >= 4 is 11.8 Å². The first kappa shape index (κ1) is 18.0. The van der Waals surface area contributed by atoms with E-state index in [2.05, 4.69) is 24.3 Å². The number of likely N-dealkylation sites (tertiary alicyclic amines) is 1. The van der Waals surface area contributed by atoms with Gasteiger partial charge in [0.2, 0.25) is 11.8 Å². The van der Waals surface area contributed by atoms with E-state index in [0.717, 1.165) is 25.7 Å². The van der Waals surface area contributed by atoms with Gasteiger partial charge in [0, 0.05) is 31.5 Å². The van der Waals surface area contributed by atoms with E-state index >= 15 is 0 Å². The van der Waals surface area contributed by atoms with Crippen molar-refractivity contribution in [2.45, 2.75) is 52.5 Å². The van der Waals surface area contributed by atoms with Crippen molar-refractivity contribution in [1.29, 1.82) is 0 Å². The fourth-order valence-electron chi connectivity index (χ4n) is 4.18. The lowest BCUT2D eigenvalue weighted by Gasteiger charge is -2.37. The Bertz CT molecular complexity index is 654. The van der Waals surface area contributed by atoms with Gasteiger partial charge in [0.1, 0.15) is 0 Å². The molecule has 3 rings (SSSR count). The lowest BCUT2D eigenvalue weighted by atomic mass is 9.90. The summed E-state index contributed by atoms with van der Waals surface area (Å²) >= 11 is 0. The number of benzene rings is 1. The summed E-state index contributed by atoms with van der Waals surface area (Å²) in [5.41, 5.74) is 2.33. The number of nitrogens with zero attached hydrogens (tertiary/aromatic N) is 2. The maximum atomic E-state index is 13.0. The third-order valence-electron chi connectivity index (χ3n) is 5.69. The van der Waals surface area contributed by atoms with E-state index in [9.17, 15) is 9.59 Å². The molecule has 4 nitrogen and oxygen atoms in total. The normalized spacial score (nSPS) is 21.1. The highest BCUT2D eigenvalue weighted by Gasteiger charge is 2.36. The third-order valence-corrected chi connectivity index (χ3v) is 5.69. The van der Waals surface area contributed by atoms with Gasteiger partial charge in [-0.2, -0.15) is 0 Å². The highest BCUT2D eigenvalue weighted by atomic mass is 16.2. The van der Waals surface area contributed by atoms with Crippen LogP contribution in [0, 0.1) is 11.3 Å². The van der Waals surface area contributed by atoms with Crippen LogP contribution in [0.1, 0.15) is 57.2 Å². The van der Waals surface area contributed by atoms with Crippen molar-refractivity contribution in [2.75, 3.05) is 20.1 Å². The van der Waals surface area contributed by atoms with E-state index in [1.165, 1.54) is 11.1 Å². The zero-order chi connectivity index (χ0) is 18.2. The Balaban J connectivity index is 1.61. The van der Waals surface area contributed by atoms with Crippen molar-refractivity contribution in [3.63, 3.8) is 0 Å². The van der Waals surface area contributed by atoms with Gasteiger partial charge in [-0.3, -0.25) is 9.59 Å². The monoisotopic (exact) mass is 342 g/mol. The maximum Gasteiger partial charge on any atom is 0.227 e. The van der Waals surface area contributed by atoms with Gasteiger partial charge in [0.25, 0.3) is 0 Å². The number of carbonyl (C=O) groups excluding carboxylic acids is 2. The molecular formula is C21H30N2O2. The van der Waals surface area contributed by atoms with Crippen LogP contribution in [0.2, 0.25) is 0 Å². The number of rotatable bonds is 2. The van der Waals surface area contributed by atoms with Crippen molar-refractivity contribution in [1.82, 2.24) is 9.80 Å². The van der Waals surface area contributed by atoms with E-state index in [1.54, 1.807) is 0 Å². The third kappa shape index (κ3) is 3.58. The minimum absolute atomic E-state index is 0.0433. The Morgan fingerprint density at radius 3 is 2.36 bits per heavy atom. The number of hydrogen-bond donors (Lipinski definition) is 0. The Morgan fingerprint density at radius 1 is 1.08 bits per heavy atom. The average Bonchev–Trinajstić information content (AvgIpc) is 3.03. The van der Waals surface area contributed by atoms with Crippen molar-refractivity contribution in [3.05, 3.63) is 35.4 Å². The molecule has 0 spiro atoms. The fourth-order valence-corrected chi connectivity index (χ4v) is 4.18. The largest absolute Gasteiger partial charge is 0.342 e. The maximum absolute atomic E-state index is 13.0. The summed E-state index contributed by atoms with van der Waals surface area (Å²) in [5, 5.41) is 0. The second kappa shape index (κ2) is 6.81. The highest BCUT2D eigenvalue weighted by molar-refractivity contribution is 5.83. The summed E-state index contributed by atoms with van der Waals surface area (Å²) in [5.74, 6) is 0.475. The first-order valence-electron chi connectivity index (χ1n) is 9.43. The average molecular weight is 342 g/mol. The number of piperidine rings is 1. The molecule has 1 atom stereocenters. The van der Waals surface area contributed by atoms with Crippen molar-refractivity contribution in [2.24, 2.45) is 11.3 Å². The molecule has 25 heavy (non-hydrogen) atoms. The van der Waals surface area contributed by atoms with Crippen LogP contribution in [-0.2, 0) is 16.0 Å². The van der Waals surface area contributed by atoms with Gasteiger partial charge >= 0.3 is 0 Å². The molecule has 1 unspecified atom stereocenters. The van der Waals surface area contributed by atoms with E-state index < -0.39 is 0 Å². The molecular weight excluding hydrogens is 312 g/mol. The summed E-state index contributed by atoms with van der Waals surface area (Å²) in [6.45, 7) is 7.26. The van der Waals surface area contributed by atoms with Crippen molar-refractivity contribution in [3.8, 4) is 0 Å². The molecule has 0 N–H and O–H groups in total. The van der Waals surface area contributed by atoms with E-state index in [4.69, 9.17) is 0 Å². The van der Waals surface area contributed by atoms with Gasteiger partial charge in [0.15, 0.2) is 0 Å². The minimum atomic E-state index is -0.346.